The number of aromatic nitrogens is 3. The van der Waals surface area contributed by atoms with Gasteiger partial charge in [-0.05, 0) is 31.7 Å². The Morgan fingerprint density at radius 2 is 2.06 bits per heavy atom. The zero-order chi connectivity index (χ0) is 11.7. The van der Waals surface area contributed by atoms with Crippen molar-refractivity contribution in [2.24, 2.45) is 0 Å². The number of benzene rings is 1. The van der Waals surface area contributed by atoms with Gasteiger partial charge in [0.2, 0.25) is 11.1 Å². The van der Waals surface area contributed by atoms with Gasteiger partial charge in [-0.3, -0.25) is 0 Å². The number of nitrogens with zero attached hydrogens (tertiary/aromatic N) is 3. The molecule has 2 rings (SSSR count). The van der Waals surface area contributed by atoms with Gasteiger partial charge in [-0.2, -0.15) is 9.67 Å². The number of rotatable bonds is 2. The Kier molecular flexibility index (Phi) is 2.87. The van der Waals surface area contributed by atoms with Crippen LogP contribution in [-0.2, 0) is 0 Å². The van der Waals surface area contributed by atoms with Gasteiger partial charge < -0.3 is 5.73 Å². The summed E-state index contributed by atoms with van der Waals surface area (Å²) in [5.41, 5.74) is 9.18. The van der Waals surface area contributed by atoms with E-state index in [9.17, 15) is 0 Å². The predicted molar refractivity (Wildman–Crippen MR) is 67.0 cm³/mol. The van der Waals surface area contributed by atoms with Crippen molar-refractivity contribution < 1.29 is 0 Å². The Morgan fingerprint density at radius 3 is 2.62 bits per heavy atom. The van der Waals surface area contributed by atoms with Crippen molar-refractivity contribution in [2.75, 3.05) is 12.0 Å². The molecule has 4 nitrogen and oxygen atoms in total. The molecule has 0 unspecified atom stereocenters. The number of nitrogen functional groups attached to an aromatic ring is 1. The van der Waals surface area contributed by atoms with Crippen LogP contribution in [0.25, 0.3) is 5.69 Å². The topological polar surface area (TPSA) is 56.7 Å². The molecule has 0 aliphatic rings. The highest BCUT2D eigenvalue weighted by Gasteiger charge is 2.09. The zero-order valence-corrected chi connectivity index (χ0v) is 10.4. The molecule has 0 radical (unpaired) electrons. The molecule has 2 aromatic rings. The molecule has 0 aliphatic heterocycles. The first-order valence-corrected chi connectivity index (χ1v) is 6.18. The van der Waals surface area contributed by atoms with Crippen LogP contribution in [0.15, 0.2) is 23.4 Å². The standard InChI is InChI=1S/C11H14N4S/c1-7-4-5-9(8(2)6-7)15-10(12)13-11(14-15)16-3/h4-6H,1-3H3,(H2,12,13,14). The highest BCUT2D eigenvalue weighted by Crippen LogP contribution is 2.19. The minimum atomic E-state index is 0.427. The van der Waals surface area contributed by atoms with Gasteiger partial charge in [-0.1, -0.05) is 29.5 Å². The van der Waals surface area contributed by atoms with Crippen molar-refractivity contribution in [2.45, 2.75) is 19.0 Å². The molecule has 5 heteroatoms. The van der Waals surface area contributed by atoms with Crippen LogP contribution in [0.4, 0.5) is 5.95 Å². The zero-order valence-electron chi connectivity index (χ0n) is 9.56. The van der Waals surface area contributed by atoms with E-state index in [2.05, 4.69) is 23.1 Å². The second-order valence-electron chi connectivity index (χ2n) is 3.66. The van der Waals surface area contributed by atoms with Crippen molar-refractivity contribution in [3.63, 3.8) is 0 Å². The molecule has 2 N–H and O–H groups in total. The lowest BCUT2D eigenvalue weighted by molar-refractivity contribution is 0.835. The molecule has 0 bridgehead atoms. The van der Waals surface area contributed by atoms with Crippen molar-refractivity contribution in [3.05, 3.63) is 29.3 Å². The van der Waals surface area contributed by atoms with Gasteiger partial charge in [0.25, 0.3) is 0 Å². The van der Waals surface area contributed by atoms with Crippen LogP contribution >= 0.6 is 11.8 Å². The monoisotopic (exact) mass is 234 g/mol. The van der Waals surface area contributed by atoms with E-state index in [-0.39, 0.29) is 0 Å². The van der Waals surface area contributed by atoms with E-state index < -0.39 is 0 Å². The van der Waals surface area contributed by atoms with Crippen molar-refractivity contribution in [1.29, 1.82) is 0 Å². The summed E-state index contributed by atoms with van der Waals surface area (Å²) in [6, 6.07) is 6.16. The summed E-state index contributed by atoms with van der Waals surface area (Å²) in [5.74, 6) is 0.427. The molecule has 0 aliphatic carbocycles. The Labute approximate surface area is 98.9 Å². The van der Waals surface area contributed by atoms with Crippen LogP contribution in [0, 0.1) is 13.8 Å². The number of aryl methyl sites for hydroxylation is 2. The maximum Gasteiger partial charge on any atom is 0.224 e. The number of anilines is 1. The lowest BCUT2D eigenvalue weighted by Crippen LogP contribution is -2.04. The number of hydrogen-bond acceptors (Lipinski definition) is 4. The Hall–Kier alpha value is -1.49. The van der Waals surface area contributed by atoms with E-state index in [1.807, 2.05) is 25.3 Å². The fourth-order valence-electron chi connectivity index (χ4n) is 1.61. The summed E-state index contributed by atoms with van der Waals surface area (Å²) >= 11 is 1.48. The van der Waals surface area contributed by atoms with Gasteiger partial charge >= 0.3 is 0 Å². The SMILES string of the molecule is CSc1nc(N)n(-c2ccc(C)cc2C)n1. The van der Waals surface area contributed by atoms with E-state index >= 15 is 0 Å². The van der Waals surface area contributed by atoms with Gasteiger partial charge in [0.1, 0.15) is 0 Å². The van der Waals surface area contributed by atoms with Gasteiger partial charge in [0, 0.05) is 0 Å². The molecular formula is C11H14N4S. The molecule has 0 saturated heterocycles. The third-order valence-corrected chi connectivity index (χ3v) is 2.91. The van der Waals surface area contributed by atoms with Gasteiger partial charge in [0.15, 0.2) is 0 Å². The molecule has 1 aromatic heterocycles. The summed E-state index contributed by atoms with van der Waals surface area (Å²) < 4.78 is 1.68. The molecule has 0 saturated carbocycles. The third-order valence-electron chi connectivity index (χ3n) is 2.38. The smallest absolute Gasteiger partial charge is 0.224 e. The summed E-state index contributed by atoms with van der Waals surface area (Å²) in [6.45, 7) is 4.11. The molecule has 1 aromatic carbocycles. The van der Waals surface area contributed by atoms with Crippen LogP contribution in [-0.4, -0.2) is 21.0 Å². The normalized spacial score (nSPS) is 10.7. The average molecular weight is 234 g/mol. The first kappa shape index (κ1) is 11.0. The van der Waals surface area contributed by atoms with Crippen LogP contribution < -0.4 is 5.73 Å². The molecule has 0 fully saturated rings. The van der Waals surface area contributed by atoms with E-state index in [0.717, 1.165) is 11.3 Å². The van der Waals surface area contributed by atoms with Crippen LogP contribution in [0.2, 0.25) is 0 Å². The molecule has 84 valence electrons. The molecule has 0 amide bonds. The highest BCUT2D eigenvalue weighted by atomic mass is 32.2. The maximum absolute atomic E-state index is 5.83. The second-order valence-corrected chi connectivity index (χ2v) is 4.43. The van der Waals surface area contributed by atoms with E-state index in [1.54, 1.807) is 4.68 Å². The quantitative estimate of drug-likeness (QED) is 0.809. The molecule has 0 atom stereocenters. The van der Waals surface area contributed by atoms with E-state index in [1.165, 1.54) is 17.3 Å². The lowest BCUT2D eigenvalue weighted by atomic mass is 10.1. The van der Waals surface area contributed by atoms with Crippen molar-refractivity contribution in [3.8, 4) is 5.69 Å². The minimum absolute atomic E-state index is 0.427. The molecule has 16 heavy (non-hydrogen) atoms. The molecule has 1 heterocycles. The summed E-state index contributed by atoms with van der Waals surface area (Å²) in [6.07, 6.45) is 1.93. The number of nitrogens with two attached hydrogens (primary N) is 1. The van der Waals surface area contributed by atoms with Gasteiger partial charge in [-0.15, -0.1) is 5.10 Å². The Balaban J connectivity index is 2.53. The largest absolute Gasteiger partial charge is 0.368 e. The Bertz CT molecular complexity index is 519. The number of hydrogen-bond donors (Lipinski definition) is 1. The van der Waals surface area contributed by atoms with Crippen molar-refractivity contribution >= 4 is 17.7 Å². The maximum atomic E-state index is 5.83. The van der Waals surface area contributed by atoms with Gasteiger partial charge in [-0.25, -0.2) is 0 Å². The molecule has 0 spiro atoms. The van der Waals surface area contributed by atoms with E-state index in [0.29, 0.717) is 11.1 Å². The summed E-state index contributed by atoms with van der Waals surface area (Å²) in [5, 5.41) is 5.02. The fourth-order valence-corrected chi connectivity index (χ4v) is 1.96. The molecular weight excluding hydrogens is 220 g/mol. The minimum Gasteiger partial charge on any atom is -0.368 e. The van der Waals surface area contributed by atoms with Gasteiger partial charge in [0.05, 0.1) is 5.69 Å². The van der Waals surface area contributed by atoms with E-state index in [4.69, 9.17) is 5.73 Å². The van der Waals surface area contributed by atoms with Crippen molar-refractivity contribution in [1.82, 2.24) is 14.8 Å². The summed E-state index contributed by atoms with van der Waals surface area (Å²) in [7, 11) is 0. The Morgan fingerprint density at radius 1 is 1.31 bits per heavy atom. The van der Waals surface area contributed by atoms with Crippen LogP contribution in [0.5, 0.6) is 0 Å². The number of thioether (sulfide) groups is 1. The van der Waals surface area contributed by atoms with Crippen LogP contribution in [0.3, 0.4) is 0 Å². The van der Waals surface area contributed by atoms with Crippen LogP contribution in [0.1, 0.15) is 11.1 Å². The average Bonchev–Trinajstić information content (AvgIpc) is 2.60. The summed E-state index contributed by atoms with van der Waals surface area (Å²) in [4.78, 5) is 4.16. The highest BCUT2D eigenvalue weighted by molar-refractivity contribution is 7.98. The predicted octanol–water partition coefficient (Wildman–Crippen LogP) is 2.19. The first-order valence-electron chi connectivity index (χ1n) is 4.96. The first-order chi connectivity index (χ1) is 7.61. The fraction of sp³-hybridized carbons (Fsp3) is 0.273. The second kappa shape index (κ2) is 4.17. The third kappa shape index (κ3) is 1.90. The lowest BCUT2D eigenvalue weighted by Gasteiger charge is -2.07.